The monoisotopic (exact) mass is 346 g/mol. The summed E-state index contributed by atoms with van der Waals surface area (Å²) >= 11 is 0. The predicted octanol–water partition coefficient (Wildman–Crippen LogP) is 2.42. The molecule has 6 nitrogen and oxygen atoms in total. The van der Waals surface area contributed by atoms with Crippen LogP contribution in [0.3, 0.4) is 0 Å². The van der Waals surface area contributed by atoms with Crippen molar-refractivity contribution in [1.29, 1.82) is 0 Å². The lowest BCUT2D eigenvalue weighted by Gasteiger charge is -2.32. The molecule has 2 fully saturated rings. The number of hydroxylamine groups is 1. The van der Waals surface area contributed by atoms with Gasteiger partial charge in [0, 0.05) is 31.7 Å². The maximum absolute atomic E-state index is 12.6. The fourth-order valence-electron chi connectivity index (χ4n) is 3.27. The molecular formula is C19H26N2O4. The fraction of sp³-hybridized carbons (Fsp3) is 0.579. The molecule has 2 saturated heterocycles. The molecule has 0 aromatic heterocycles. The van der Waals surface area contributed by atoms with E-state index >= 15 is 0 Å². The summed E-state index contributed by atoms with van der Waals surface area (Å²) in [6.45, 7) is 3.77. The highest BCUT2D eigenvalue weighted by molar-refractivity contribution is 5.94. The molecule has 6 heteroatoms. The van der Waals surface area contributed by atoms with E-state index in [1.54, 1.807) is 4.90 Å². The van der Waals surface area contributed by atoms with E-state index in [0.29, 0.717) is 25.3 Å². The second-order valence-corrected chi connectivity index (χ2v) is 6.84. The number of benzene rings is 1. The van der Waals surface area contributed by atoms with Crippen molar-refractivity contribution in [2.24, 2.45) is 5.92 Å². The molecule has 0 spiro atoms. The van der Waals surface area contributed by atoms with Gasteiger partial charge in [-0.2, -0.15) is 0 Å². The summed E-state index contributed by atoms with van der Waals surface area (Å²) in [6, 6.07) is 7.54. The number of amides is 2. The molecule has 2 atom stereocenters. The molecule has 0 aliphatic carbocycles. The van der Waals surface area contributed by atoms with E-state index in [4.69, 9.17) is 9.57 Å². The van der Waals surface area contributed by atoms with E-state index in [9.17, 15) is 9.59 Å². The van der Waals surface area contributed by atoms with Crippen molar-refractivity contribution in [1.82, 2.24) is 10.4 Å². The van der Waals surface area contributed by atoms with Gasteiger partial charge < -0.3 is 9.64 Å². The van der Waals surface area contributed by atoms with Crippen LogP contribution in [-0.2, 0) is 14.4 Å². The number of hydrogen-bond donors (Lipinski definition) is 1. The Labute approximate surface area is 148 Å². The van der Waals surface area contributed by atoms with Crippen LogP contribution in [0, 0.1) is 12.8 Å². The van der Waals surface area contributed by atoms with Gasteiger partial charge in [0.15, 0.2) is 6.29 Å². The highest BCUT2D eigenvalue weighted by atomic mass is 16.8. The first-order valence-electron chi connectivity index (χ1n) is 9.06. The normalized spacial score (nSPS) is 24.0. The number of carbonyl (C=O) groups excluding carboxylic acids is 2. The zero-order chi connectivity index (χ0) is 17.6. The Bertz CT molecular complexity index is 596. The van der Waals surface area contributed by atoms with Crippen LogP contribution in [0.15, 0.2) is 24.3 Å². The molecule has 2 aliphatic heterocycles. The first-order valence-corrected chi connectivity index (χ1v) is 9.06. The Morgan fingerprint density at radius 3 is 2.68 bits per heavy atom. The lowest BCUT2D eigenvalue weighted by molar-refractivity contribution is -0.202. The highest BCUT2D eigenvalue weighted by Gasteiger charge is 2.29. The number of rotatable bonds is 4. The Morgan fingerprint density at radius 1 is 1.16 bits per heavy atom. The van der Waals surface area contributed by atoms with Gasteiger partial charge in [-0.3, -0.25) is 9.59 Å². The Balaban J connectivity index is 1.52. The molecule has 1 aromatic carbocycles. The number of ether oxygens (including phenoxy) is 1. The molecule has 136 valence electrons. The summed E-state index contributed by atoms with van der Waals surface area (Å²) in [6.07, 6.45) is 4.10. The molecule has 1 aromatic rings. The fourth-order valence-corrected chi connectivity index (χ4v) is 3.27. The zero-order valence-corrected chi connectivity index (χ0v) is 14.7. The van der Waals surface area contributed by atoms with Gasteiger partial charge in [0.25, 0.3) is 5.91 Å². The third-order valence-corrected chi connectivity index (χ3v) is 4.81. The van der Waals surface area contributed by atoms with Crippen molar-refractivity contribution in [3.8, 4) is 0 Å². The summed E-state index contributed by atoms with van der Waals surface area (Å²) in [5.41, 5.74) is 4.31. The van der Waals surface area contributed by atoms with E-state index in [0.717, 1.165) is 37.7 Å². The molecule has 0 bridgehead atoms. The van der Waals surface area contributed by atoms with Gasteiger partial charge in [-0.05, 0) is 44.7 Å². The van der Waals surface area contributed by atoms with E-state index in [1.807, 2.05) is 31.2 Å². The van der Waals surface area contributed by atoms with Crippen molar-refractivity contribution in [2.45, 2.75) is 45.3 Å². The van der Waals surface area contributed by atoms with Gasteiger partial charge in [0.2, 0.25) is 5.91 Å². The lowest BCUT2D eigenvalue weighted by Crippen LogP contribution is -2.46. The number of hydrogen-bond acceptors (Lipinski definition) is 4. The van der Waals surface area contributed by atoms with Crippen LogP contribution in [0.25, 0.3) is 0 Å². The van der Waals surface area contributed by atoms with Crippen molar-refractivity contribution in [2.75, 3.05) is 19.7 Å². The minimum atomic E-state index is -0.355. The molecule has 25 heavy (non-hydrogen) atoms. The molecular weight excluding hydrogens is 320 g/mol. The van der Waals surface area contributed by atoms with Gasteiger partial charge >= 0.3 is 0 Å². The number of piperidine rings is 1. The maximum atomic E-state index is 12.6. The van der Waals surface area contributed by atoms with Crippen LogP contribution in [0.1, 0.15) is 48.0 Å². The van der Waals surface area contributed by atoms with E-state index in [-0.39, 0.29) is 24.0 Å². The van der Waals surface area contributed by atoms with E-state index in [1.165, 1.54) is 0 Å². The summed E-state index contributed by atoms with van der Waals surface area (Å²) in [7, 11) is 0. The smallest absolute Gasteiger partial charge is 0.253 e. The van der Waals surface area contributed by atoms with Gasteiger partial charge in [-0.25, -0.2) is 10.3 Å². The summed E-state index contributed by atoms with van der Waals surface area (Å²) in [4.78, 5) is 32.1. The molecule has 2 heterocycles. The second kappa shape index (κ2) is 8.45. The Hall–Kier alpha value is -1.92. The number of carbonyl (C=O) groups is 2. The lowest BCUT2D eigenvalue weighted by atomic mass is 9.96. The van der Waals surface area contributed by atoms with E-state index < -0.39 is 0 Å². The number of nitrogens with zero attached hydrogens (tertiary/aromatic N) is 1. The molecule has 0 radical (unpaired) electrons. The third kappa shape index (κ3) is 4.80. The standard InChI is InChI=1S/C19H26N2O4/c1-14-7-9-15(10-8-14)19(23)21-11-4-5-16(13-21)18(22)20-25-17-6-2-3-12-24-17/h7-10,16-17H,2-6,11-13H2,1H3,(H,20,22)/t16-,17-/m1/s1. The zero-order valence-electron chi connectivity index (χ0n) is 14.7. The van der Waals surface area contributed by atoms with Crippen LogP contribution in [0.2, 0.25) is 0 Å². The van der Waals surface area contributed by atoms with Crippen LogP contribution in [0.5, 0.6) is 0 Å². The molecule has 2 amide bonds. The molecule has 0 unspecified atom stereocenters. The van der Waals surface area contributed by atoms with Gasteiger partial charge in [0.1, 0.15) is 0 Å². The average molecular weight is 346 g/mol. The van der Waals surface area contributed by atoms with Gasteiger partial charge in [-0.1, -0.05) is 17.7 Å². The highest BCUT2D eigenvalue weighted by Crippen LogP contribution is 2.20. The van der Waals surface area contributed by atoms with Crippen molar-refractivity contribution in [3.05, 3.63) is 35.4 Å². The second-order valence-electron chi connectivity index (χ2n) is 6.84. The molecule has 2 aliphatic rings. The van der Waals surface area contributed by atoms with E-state index in [2.05, 4.69) is 5.48 Å². The SMILES string of the molecule is Cc1ccc(C(=O)N2CCC[C@@H](C(=O)NO[C@@H]3CCCCO3)C2)cc1. The predicted molar refractivity (Wildman–Crippen MR) is 92.6 cm³/mol. The maximum Gasteiger partial charge on any atom is 0.253 e. The van der Waals surface area contributed by atoms with Crippen molar-refractivity contribution in [3.63, 3.8) is 0 Å². The Kier molecular flexibility index (Phi) is 6.04. The summed E-state index contributed by atoms with van der Waals surface area (Å²) in [5.74, 6) is -0.434. The first kappa shape index (κ1) is 17.9. The van der Waals surface area contributed by atoms with Crippen molar-refractivity contribution >= 4 is 11.8 Å². The largest absolute Gasteiger partial charge is 0.350 e. The topological polar surface area (TPSA) is 67.9 Å². The van der Waals surface area contributed by atoms with Crippen LogP contribution < -0.4 is 5.48 Å². The number of likely N-dealkylation sites (tertiary alicyclic amines) is 1. The molecule has 3 rings (SSSR count). The number of nitrogens with one attached hydrogen (secondary N) is 1. The summed E-state index contributed by atoms with van der Waals surface area (Å²) in [5, 5.41) is 0. The minimum Gasteiger partial charge on any atom is -0.350 e. The third-order valence-electron chi connectivity index (χ3n) is 4.81. The number of aryl methyl sites for hydroxylation is 1. The first-order chi connectivity index (χ1) is 12.1. The van der Waals surface area contributed by atoms with Gasteiger partial charge in [0.05, 0.1) is 5.92 Å². The molecule has 1 N–H and O–H groups in total. The average Bonchev–Trinajstić information content (AvgIpc) is 2.67. The Morgan fingerprint density at radius 2 is 1.96 bits per heavy atom. The molecule has 0 saturated carbocycles. The van der Waals surface area contributed by atoms with Gasteiger partial charge in [-0.15, -0.1) is 0 Å². The quantitative estimate of drug-likeness (QED) is 0.850. The van der Waals surface area contributed by atoms with Crippen LogP contribution in [-0.4, -0.2) is 42.7 Å². The summed E-state index contributed by atoms with van der Waals surface area (Å²) < 4.78 is 5.44. The van der Waals surface area contributed by atoms with Crippen LogP contribution >= 0.6 is 0 Å². The van der Waals surface area contributed by atoms with Crippen LogP contribution in [0.4, 0.5) is 0 Å². The minimum absolute atomic E-state index is 0.0194. The van der Waals surface area contributed by atoms with Crippen molar-refractivity contribution < 1.29 is 19.2 Å².